The van der Waals surface area contributed by atoms with E-state index in [0.717, 1.165) is 54.9 Å². The van der Waals surface area contributed by atoms with E-state index in [2.05, 4.69) is 24.8 Å². The summed E-state index contributed by atoms with van der Waals surface area (Å²) >= 11 is 0. The van der Waals surface area contributed by atoms with Crippen molar-refractivity contribution in [3.63, 3.8) is 0 Å². The summed E-state index contributed by atoms with van der Waals surface area (Å²) in [6, 6.07) is 3.83. The molecule has 34 heavy (non-hydrogen) atoms. The molecule has 8 nitrogen and oxygen atoms in total. The van der Waals surface area contributed by atoms with Crippen LogP contribution < -0.4 is 9.80 Å². The minimum absolute atomic E-state index is 0.0196. The third-order valence-corrected chi connectivity index (χ3v) is 6.82. The summed E-state index contributed by atoms with van der Waals surface area (Å²) in [5, 5.41) is 0. The summed E-state index contributed by atoms with van der Waals surface area (Å²) < 4.78 is 16.1. The molecule has 0 radical (unpaired) electrons. The minimum Gasteiger partial charge on any atom is -0.355 e. The van der Waals surface area contributed by atoms with Crippen LogP contribution in [0.5, 0.6) is 0 Å². The van der Waals surface area contributed by atoms with Gasteiger partial charge in [-0.15, -0.1) is 0 Å². The number of piperidine rings is 1. The van der Waals surface area contributed by atoms with Crippen LogP contribution in [0.2, 0.25) is 0 Å². The van der Waals surface area contributed by atoms with Gasteiger partial charge in [0, 0.05) is 49.0 Å². The molecule has 1 unspecified atom stereocenters. The molecular formula is C25H23FN8. The van der Waals surface area contributed by atoms with E-state index in [1.165, 1.54) is 6.42 Å². The minimum atomic E-state index is -0.351. The summed E-state index contributed by atoms with van der Waals surface area (Å²) in [5.74, 6) is 1.69. The highest BCUT2D eigenvalue weighted by Gasteiger charge is 2.44. The Hall–Kier alpha value is -3.88. The normalized spacial score (nSPS) is 19.1. The topological polar surface area (TPSA) is 86.0 Å². The van der Waals surface area contributed by atoms with Gasteiger partial charge < -0.3 is 14.8 Å². The molecule has 2 fully saturated rings. The fourth-order valence-corrected chi connectivity index (χ4v) is 5.04. The molecule has 0 bridgehead atoms. The summed E-state index contributed by atoms with van der Waals surface area (Å²) in [6.45, 7) is 4.62. The number of aromatic nitrogens is 5. The number of fused-ring (bicyclic) bond motifs is 4. The molecule has 4 aromatic rings. The number of nitrogens with zero attached hydrogens (tertiary/aromatic N) is 7. The highest BCUT2D eigenvalue weighted by Crippen LogP contribution is 2.40. The lowest BCUT2D eigenvalue weighted by Gasteiger charge is -2.27. The number of aryl methyl sites for hydroxylation is 1. The van der Waals surface area contributed by atoms with Gasteiger partial charge in [0.25, 0.3) is 0 Å². The zero-order chi connectivity index (χ0) is 22.8. The van der Waals surface area contributed by atoms with E-state index in [-0.39, 0.29) is 12.0 Å². The lowest BCUT2D eigenvalue weighted by Crippen LogP contribution is -2.30. The van der Waals surface area contributed by atoms with Crippen molar-refractivity contribution in [1.82, 2.24) is 24.9 Å². The van der Waals surface area contributed by atoms with Crippen LogP contribution in [0.25, 0.3) is 22.2 Å². The van der Waals surface area contributed by atoms with E-state index in [4.69, 9.17) is 9.98 Å². The third kappa shape index (κ3) is 2.99. The Bertz CT molecular complexity index is 1470. The monoisotopic (exact) mass is 454 g/mol. The zero-order valence-electron chi connectivity index (χ0n) is 18.8. The highest BCUT2D eigenvalue weighted by atomic mass is 19.1. The molecular weight excluding hydrogens is 431 g/mol. The van der Waals surface area contributed by atoms with Crippen molar-refractivity contribution in [3.8, 4) is 11.1 Å². The molecule has 0 aliphatic carbocycles. The fourth-order valence-electron chi connectivity index (χ4n) is 5.04. The largest absolute Gasteiger partial charge is 0.355 e. The van der Waals surface area contributed by atoms with Gasteiger partial charge in [-0.05, 0) is 43.9 Å². The van der Waals surface area contributed by atoms with Crippen LogP contribution in [0.15, 0.2) is 41.9 Å². The first-order valence-electron chi connectivity index (χ1n) is 11.7. The molecule has 7 heterocycles. The molecule has 1 N–H and O–H groups in total. The van der Waals surface area contributed by atoms with E-state index < -0.39 is 0 Å². The van der Waals surface area contributed by atoms with Crippen molar-refractivity contribution in [2.24, 2.45) is 4.99 Å². The molecule has 1 atom stereocenters. The van der Waals surface area contributed by atoms with E-state index in [9.17, 15) is 0 Å². The predicted molar refractivity (Wildman–Crippen MR) is 129 cm³/mol. The summed E-state index contributed by atoms with van der Waals surface area (Å²) in [6.07, 6.45) is 10.3. The second-order valence-electron chi connectivity index (χ2n) is 9.21. The molecule has 7 rings (SSSR count). The number of imidazole rings is 1. The van der Waals surface area contributed by atoms with Gasteiger partial charge in [-0.3, -0.25) is 9.98 Å². The maximum Gasteiger partial charge on any atom is 0.157 e. The van der Waals surface area contributed by atoms with E-state index in [0.29, 0.717) is 34.0 Å². The molecule has 3 aliphatic heterocycles. The van der Waals surface area contributed by atoms with Crippen LogP contribution in [0.4, 0.5) is 16.0 Å². The van der Waals surface area contributed by atoms with Gasteiger partial charge in [-0.25, -0.2) is 19.3 Å². The average molecular weight is 455 g/mol. The van der Waals surface area contributed by atoms with Crippen LogP contribution in [0.1, 0.15) is 36.2 Å². The van der Waals surface area contributed by atoms with Crippen LogP contribution in [0, 0.1) is 12.7 Å². The van der Waals surface area contributed by atoms with E-state index in [1.807, 2.05) is 24.0 Å². The number of pyridine rings is 3. The number of anilines is 2. The Kier molecular flexibility index (Phi) is 4.21. The van der Waals surface area contributed by atoms with Gasteiger partial charge in [-0.2, -0.15) is 0 Å². The highest BCUT2D eigenvalue weighted by molar-refractivity contribution is 6.17. The third-order valence-electron chi connectivity index (χ3n) is 6.82. The fraction of sp³-hybridized carbons (Fsp3) is 0.320. The smallest absolute Gasteiger partial charge is 0.157 e. The standard InChI is InChI=1S/C25H23FN8/c1-14-9-15(11-27-10-14)16-12-29-24-19(20(16)26)22(31-18-13-34(18)24)23-30-17-5-6-28-25(21(17)32-23)33-7-3-2-4-8-33/h5-6,9-12,18H,2-4,7-8,13H2,1H3,(H,30,32). The molecule has 9 heteroatoms. The number of H-pyrrole nitrogens is 1. The van der Waals surface area contributed by atoms with Crippen molar-refractivity contribution < 1.29 is 4.39 Å². The van der Waals surface area contributed by atoms with Gasteiger partial charge in [0.1, 0.15) is 29.0 Å². The number of hydrogen-bond donors (Lipinski definition) is 1. The van der Waals surface area contributed by atoms with Crippen LogP contribution in [-0.2, 0) is 0 Å². The maximum atomic E-state index is 16.1. The van der Waals surface area contributed by atoms with Crippen LogP contribution in [0.3, 0.4) is 0 Å². The Morgan fingerprint density at radius 2 is 1.94 bits per heavy atom. The van der Waals surface area contributed by atoms with Gasteiger partial charge in [0.15, 0.2) is 11.6 Å². The predicted octanol–water partition coefficient (Wildman–Crippen LogP) is 3.85. The number of aliphatic imine (C=N–C) groups is 1. The van der Waals surface area contributed by atoms with Crippen molar-refractivity contribution in [3.05, 3.63) is 59.7 Å². The second kappa shape index (κ2) is 7.31. The van der Waals surface area contributed by atoms with Crippen LogP contribution >= 0.6 is 0 Å². The zero-order valence-corrected chi connectivity index (χ0v) is 18.8. The number of aromatic amines is 1. The van der Waals surface area contributed by atoms with Crippen molar-refractivity contribution in [2.75, 3.05) is 29.4 Å². The number of halogens is 1. The molecule has 0 amide bonds. The molecule has 0 aromatic carbocycles. The Labute approximate surface area is 195 Å². The van der Waals surface area contributed by atoms with E-state index >= 15 is 4.39 Å². The van der Waals surface area contributed by atoms with Crippen LogP contribution in [-0.4, -0.2) is 56.4 Å². The van der Waals surface area contributed by atoms with Gasteiger partial charge in [0.05, 0.1) is 17.6 Å². The molecule has 0 spiro atoms. The molecule has 3 aliphatic rings. The van der Waals surface area contributed by atoms with Crippen molar-refractivity contribution in [1.29, 1.82) is 0 Å². The quantitative estimate of drug-likeness (QED) is 0.473. The van der Waals surface area contributed by atoms with Gasteiger partial charge in [0.2, 0.25) is 0 Å². The average Bonchev–Trinajstić information content (AvgIpc) is 3.52. The van der Waals surface area contributed by atoms with Crippen molar-refractivity contribution >= 4 is 28.4 Å². The molecule has 170 valence electrons. The summed E-state index contributed by atoms with van der Waals surface area (Å²) in [5.41, 5.74) is 4.65. The molecule has 2 saturated heterocycles. The lowest BCUT2D eigenvalue weighted by atomic mass is 10.0. The van der Waals surface area contributed by atoms with E-state index in [1.54, 1.807) is 24.8 Å². The number of nitrogens with one attached hydrogen (secondary N) is 1. The lowest BCUT2D eigenvalue weighted by molar-refractivity contribution is 0.574. The Balaban J connectivity index is 1.37. The number of rotatable bonds is 3. The molecule has 0 saturated carbocycles. The van der Waals surface area contributed by atoms with Gasteiger partial charge >= 0.3 is 0 Å². The van der Waals surface area contributed by atoms with Gasteiger partial charge in [-0.1, -0.05) is 0 Å². The first kappa shape index (κ1) is 19.6. The van der Waals surface area contributed by atoms with Crippen molar-refractivity contribution in [2.45, 2.75) is 32.4 Å². The maximum absolute atomic E-state index is 16.1. The first-order chi connectivity index (χ1) is 16.7. The summed E-state index contributed by atoms with van der Waals surface area (Å²) in [7, 11) is 0. The number of hydrogen-bond acceptors (Lipinski definition) is 7. The Morgan fingerprint density at radius 3 is 2.79 bits per heavy atom. The second-order valence-corrected chi connectivity index (χ2v) is 9.21. The SMILES string of the molecule is Cc1cncc(-c2cnc3c(c2F)C(c2nc4c(N5CCCCC5)nccc4[nH]2)=NC2CN32)c1. The molecule has 4 aromatic heterocycles. The summed E-state index contributed by atoms with van der Waals surface area (Å²) in [4.78, 5) is 30.9. The first-order valence-corrected chi connectivity index (χ1v) is 11.7. The Morgan fingerprint density at radius 1 is 1.06 bits per heavy atom.